The Morgan fingerprint density at radius 1 is 0.880 bits per heavy atom. The Bertz CT molecular complexity index is 364. The summed E-state index contributed by atoms with van der Waals surface area (Å²) in [6.07, 6.45) is 6.15. The van der Waals surface area contributed by atoms with E-state index in [1.807, 2.05) is 0 Å². The number of hydrogen-bond acceptors (Lipinski definition) is 3. The highest BCUT2D eigenvalue weighted by Gasteiger charge is 2.32. The molecule has 0 unspecified atom stereocenters. The molecule has 0 spiro atoms. The van der Waals surface area contributed by atoms with Crippen LogP contribution in [0.4, 0.5) is 0 Å². The normalized spacial score (nSPS) is 17.7. The summed E-state index contributed by atoms with van der Waals surface area (Å²) in [7, 11) is 0. The molecule has 148 valence electrons. The lowest BCUT2D eigenvalue weighted by atomic mass is 9.79. The maximum Gasteiger partial charge on any atom is 0.307 e. The number of carboxylic acids is 2. The van der Waals surface area contributed by atoms with Crippen molar-refractivity contribution >= 4 is 11.9 Å². The van der Waals surface area contributed by atoms with Gasteiger partial charge in [0.1, 0.15) is 0 Å². The Morgan fingerprint density at radius 3 is 1.72 bits per heavy atom. The molecule has 1 saturated carbocycles. The average Bonchev–Trinajstić information content (AvgIpc) is 2.52. The monoisotopic (exact) mass is 358 g/mol. The fourth-order valence-corrected chi connectivity index (χ4v) is 3.01. The van der Waals surface area contributed by atoms with Crippen molar-refractivity contribution < 1.29 is 24.5 Å². The minimum atomic E-state index is -1.01. The van der Waals surface area contributed by atoms with Gasteiger partial charge in [-0.1, -0.05) is 66.7 Å². The van der Waals surface area contributed by atoms with Crippen LogP contribution in [0.1, 0.15) is 73.1 Å². The van der Waals surface area contributed by atoms with Gasteiger partial charge in [-0.2, -0.15) is 0 Å². The van der Waals surface area contributed by atoms with Crippen LogP contribution in [0, 0.1) is 29.6 Å². The molecule has 0 radical (unpaired) electrons. The minimum Gasteiger partial charge on any atom is -0.481 e. The third-order valence-corrected chi connectivity index (χ3v) is 4.52. The zero-order chi connectivity index (χ0) is 19.4. The van der Waals surface area contributed by atoms with Gasteiger partial charge in [0.2, 0.25) is 0 Å². The molecule has 5 nitrogen and oxygen atoms in total. The van der Waals surface area contributed by atoms with Gasteiger partial charge in [-0.3, -0.25) is 9.59 Å². The van der Waals surface area contributed by atoms with Crippen LogP contribution in [0.25, 0.3) is 0 Å². The molecule has 1 rings (SSSR count). The van der Waals surface area contributed by atoms with Gasteiger partial charge in [-0.05, 0) is 24.2 Å². The van der Waals surface area contributed by atoms with Gasteiger partial charge in [-0.25, -0.2) is 0 Å². The van der Waals surface area contributed by atoms with Crippen molar-refractivity contribution in [2.75, 3.05) is 13.2 Å². The van der Waals surface area contributed by atoms with E-state index < -0.39 is 23.8 Å². The van der Waals surface area contributed by atoms with Gasteiger partial charge in [0, 0.05) is 13.2 Å². The second-order valence-corrected chi connectivity index (χ2v) is 8.14. The molecule has 5 heteroatoms. The fourth-order valence-electron chi connectivity index (χ4n) is 3.01. The molecule has 2 N–H and O–H groups in total. The van der Waals surface area contributed by atoms with Crippen molar-refractivity contribution in [1.82, 2.24) is 0 Å². The first-order valence-corrected chi connectivity index (χ1v) is 9.68. The summed E-state index contributed by atoms with van der Waals surface area (Å²) < 4.78 is 5.36. The number of rotatable bonds is 9. The lowest BCUT2D eigenvalue weighted by molar-refractivity contribution is -0.153. The molecule has 0 aliphatic heterocycles. The highest BCUT2D eigenvalue weighted by Crippen LogP contribution is 2.31. The Hall–Kier alpha value is -1.10. The number of hydrogen-bond donors (Lipinski definition) is 2. The topological polar surface area (TPSA) is 83.8 Å². The molecule has 0 saturated heterocycles. The Labute approximate surface area is 153 Å². The number of carbonyl (C=O) groups is 2. The van der Waals surface area contributed by atoms with Crippen molar-refractivity contribution in [1.29, 1.82) is 0 Å². The molecule has 1 aliphatic carbocycles. The van der Waals surface area contributed by atoms with Gasteiger partial charge in [-0.15, -0.1) is 0 Å². The van der Waals surface area contributed by atoms with Crippen LogP contribution in [-0.2, 0) is 14.3 Å². The summed E-state index contributed by atoms with van der Waals surface area (Å²) in [5.74, 6) is -1.77. The summed E-state index contributed by atoms with van der Waals surface area (Å²) in [5.41, 5.74) is 0. The van der Waals surface area contributed by atoms with Crippen LogP contribution < -0.4 is 0 Å². The molecule has 0 aromatic rings. The van der Waals surface area contributed by atoms with Crippen molar-refractivity contribution in [2.45, 2.75) is 73.1 Å². The van der Waals surface area contributed by atoms with E-state index in [0.29, 0.717) is 24.2 Å². The highest BCUT2D eigenvalue weighted by atomic mass is 16.5. The first-order valence-electron chi connectivity index (χ1n) is 9.68. The van der Waals surface area contributed by atoms with E-state index in [0.717, 1.165) is 38.9 Å². The summed E-state index contributed by atoms with van der Waals surface area (Å²) in [6.45, 7) is 12.0. The lowest BCUT2D eigenvalue weighted by Crippen LogP contribution is -2.30. The van der Waals surface area contributed by atoms with Crippen LogP contribution in [0.5, 0.6) is 0 Å². The average molecular weight is 359 g/mol. The van der Waals surface area contributed by atoms with E-state index in [-0.39, 0.29) is 0 Å². The van der Waals surface area contributed by atoms with Gasteiger partial charge < -0.3 is 14.9 Å². The predicted octanol–water partition coefficient (Wildman–Crippen LogP) is 4.69. The van der Waals surface area contributed by atoms with Crippen molar-refractivity contribution in [3.8, 4) is 0 Å². The van der Waals surface area contributed by atoms with Crippen molar-refractivity contribution in [2.24, 2.45) is 29.6 Å². The molecule has 1 fully saturated rings. The summed E-state index contributed by atoms with van der Waals surface area (Å²) in [6, 6.07) is 0. The Kier molecular flexibility index (Phi) is 12.6. The molecule has 0 amide bonds. The zero-order valence-corrected chi connectivity index (χ0v) is 16.7. The van der Waals surface area contributed by atoms with E-state index in [1.54, 1.807) is 0 Å². The van der Waals surface area contributed by atoms with Crippen LogP contribution in [0.2, 0.25) is 0 Å². The van der Waals surface area contributed by atoms with Gasteiger partial charge in [0.15, 0.2) is 0 Å². The summed E-state index contributed by atoms with van der Waals surface area (Å²) in [5, 5.41) is 17.9. The minimum absolute atomic E-state index is 0.400. The standard InChI is InChI=1S/C12H20O4.C8H18O/c1-8(11(13)14)10(12(15)16)7-9-5-3-2-4-6-9;1-7(2)5-9-6-8(3)4/h8-10H,2-7H2,1H3,(H,13,14)(H,15,16);7-8H,5-6H2,1-4H3/t8-,10+;/m1./s1. The molecule has 2 atom stereocenters. The molecule has 25 heavy (non-hydrogen) atoms. The van der Waals surface area contributed by atoms with Gasteiger partial charge in [0.05, 0.1) is 11.8 Å². The molecule has 0 aromatic heterocycles. The molecule has 0 aromatic carbocycles. The van der Waals surface area contributed by atoms with E-state index in [2.05, 4.69) is 27.7 Å². The Morgan fingerprint density at radius 2 is 1.36 bits per heavy atom. The van der Waals surface area contributed by atoms with Crippen LogP contribution >= 0.6 is 0 Å². The maximum absolute atomic E-state index is 11.1. The molecular weight excluding hydrogens is 320 g/mol. The SMILES string of the molecule is CC(C)COCC(C)C.C[C@@H](C(=O)O)[C@H](CC1CCCCC1)C(=O)O. The lowest BCUT2D eigenvalue weighted by Gasteiger charge is -2.26. The fraction of sp³-hybridized carbons (Fsp3) is 0.900. The Balaban J connectivity index is 0.000000547. The van der Waals surface area contributed by atoms with Gasteiger partial charge >= 0.3 is 11.9 Å². The molecule has 1 aliphatic rings. The van der Waals surface area contributed by atoms with E-state index in [4.69, 9.17) is 14.9 Å². The van der Waals surface area contributed by atoms with Crippen molar-refractivity contribution in [3.63, 3.8) is 0 Å². The number of carboxylic acid groups (broad SMARTS) is 2. The largest absolute Gasteiger partial charge is 0.481 e. The van der Waals surface area contributed by atoms with Crippen LogP contribution in [0.15, 0.2) is 0 Å². The number of ether oxygens (including phenoxy) is 1. The predicted molar refractivity (Wildman–Crippen MR) is 99.6 cm³/mol. The smallest absolute Gasteiger partial charge is 0.307 e. The first kappa shape index (κ1) is 23.9. The maximum atomic E-state index is 11.1. The number of aliphatic carboxylic acids is 2. The van der Waals surface area contributed by atoms with E-state index in [1.165, 1.54) is 13.3 Å². The summed E-state index contributed by atoms with van der Waals surface area (Å²) >= 11 is 0. The second kappa shape index (κ2) is 13.2. The summed E-state index contributed by atoms with van der Waals surface area (Å²) in [4.78, 5) is 21.9. The molecule has 0 bridgehead atoms. The molecule has 0 heterocycles. The highest BCUT2D eigenvalue weighted by molar-refractivity contribution is 5.79. The van der Waals surface area contributed by atoms with E-state index in [9.17, 15) is 9.59 Å². The van der Waals surface area contributed by atoms with Crippen molar-refractivity contribution in [3.05, 3.63) is 0 Å². The first-order chi connectivity index (χ1) is 11.6. The zero-order valence-electron chi connectivity index (χ0n) is 16.7. The molecular formula is C20H38O5. The third kappa shape index (κ3) is 12.0. The van der Waals surface area contributed by atoms with Crippen LogP contribution in [0.3, 0.4) is 0 Å². The second-order valence-electron chi connectivity index (χ2n) is 8.14. The van der Waals surface area contributed by atoms with Crippen LogP contribution in [-0.4, -0.2) is 35.4 Å². The quantitative estimate of drug-likeness (QED) is 0.624. The third-order valence-electron chi connectivity index (χ3n) is 4.52. The van der Waals surface area contributed by atoms with Gasteiger partial charge in [0.25, 0.3) is 0 Å². The van der Waals surface area contributed by atoms with E-state index >= 15 is 0 Å².